The van der Waals surface area contributed by atoms with Crippen molar-refractivity contribution in [3.8, 4) is 0 Å². The third-order valence-electron chi connectivity index (χ3n) is 2.12. The Morgan fingerprint density at radius 1 is 1.40 bits per heavy atom. The van der Waals surface area contributed by atoms with Crippen LogP contribution in [0.4, 0.5) is 0 Å². The molecule has 1 heterocycles. The first-order valence-corrected chi connectivity index (χ1v) is 5.35. The summed E-state index contributed by atoms with van der Waals surface area (Å²) in [6.07, 6.45) is -0.0000799. The van der Waals surface area contributed by atoms with Crippen LogP contribution < -0.4 is 0 Å². The Kier molecular flexibility index (Phi) is 5.04. The Morgan fingerprint density at radius 2 is 2.13 bits per heavy atom. The molecule has 5 heteroatoms. The van der Waals surface area contributed by atoms with E-state index in [0.29, 0.717) is 23.4 Å². The number of aliphatic hydroxyl groups excluding tert-OH is 3. The number of thiol groups is 1. The topological polar surface area (TPSA) is 73.6 Å². The van der Waals surface area contributed by atoms with Crippen molar-refractivity contribution in [3.63, 3.8) is 0 Å². The van der Waals surface area contributed by atoms with Gasteiger partial charge in [0, 0.05) is 6.20 Å². The number of aliphatic hydroxyl groups is 3. The molecule has 0 aliphatic heterocycles. The number of aromatic nitrogens is 1. The quantitative estimate of drug-likeness (QED) is 0.548. The molecule has 0 fully saturated rings. The van der Waals surface area contributed by atoms with Gasteiger partial charge in [-0.2, -0.15) is 12.6 Å². The zero-order valence-corrected chi connectivity index (χ0v) is 9.14. The summed E-state index contributed by atoms with van der Waals surface area (Å²) >= 11 is 3.97. The van der Waals surface area contributed by atoms with E-state index in [1.165, 1.54) is 6.20 Å². The number of pyridine rings is 1. The van der Waals surface area contributed by atoms with Gasteiger partial charge in [-0.15, -0.1) is 0 Å². The highest BCUT2D eigenvalue weighted by atomic mass is 32.1. The maximum Gasteiger partial charge on any atom is 0.122 e. The van der Waals surface area contributed by atoms with Crippen LogP contribution in [0.5, 0.6) is 0 Å². The summed E-state index contributed by atoms with van der Waals surface area (Å²) in [6, 6.07) is 3.23. The first-order valence-electron chi connectivity index (χ1n) is 4.71. The minimum atomic E-state index is -1.02. The van der Waals surface area contributed by atoms with E-state index in [-0.39, 0.29) is 6.61 Å². The molecule has 1 rings (SSSR count). The van der Waals surface area contributed by atoms with Crippen LogP contribution in [0.25, 0.3) is 0 Å². The van der Waals surface area contributed by atoms with E-state index < -0.39 is 12.2 Å². The Balaban J connectivity index is 2.76. The van der Waals surface area contributed by atoms with Crippen LogP contribution in [-0.4, -0.2) is 32.2 Å². The van der Waals surface area contributed by atoms with E-state index in [4.69, 9.17) is 5.11 Å². The van der Waals surface area contributed by atoms with Crippen LogP contribution in [0.3, 0.4) is 0 Å². The van der Waals surface area contributed by atoms with E-state index in [1.54, 1.807) is 12.1 Å². The Hall–Kier alpha value is -0.620. The summed E-state index contributed by atoms with van der Waals surface area (Å²) in [7, 11) is 0. The van der Waals surface area contributed by atoms with Gasteiger partial charge in [0.15, 0.2) is 0 Å². The second-order valence-electron chi connectivity index (χ2n) is 3.27. The molecule has 0 radical (unpaired) electrons. The fourth-order valence-electron chi connectivity index (χ4n) is 1.24. The molecule has 0 saturated carbocycles. The van der Waals surface area contributed by atoms with Gasteiger partial charge in [0.25, 0.3) is 0 Å². The zero-order chi connectivity index (χ0) is 11.3. The van der Waals surface area contributed by atoms with Gasteiger partial charge in [-0.1, -0.05) is 0 Å². The molecule has 0 saturated heterocycles. The monoisotopic (exact) mass is 229 g/mol. The van der Waals surface area contributed by atoms with Crippen LogP contribution in [-0.2, 0) is 6.61 Å². The van der Waals surface area contributed by atoms with Crippen molar-refractivity contribution >= 4 is 12.6 Å². The van der Waals surface area contributed by atoms with Crippen LogP contribution in [0.1, 0.15) is 23.8 Å². The molecule has 3 N–H and O–H groups in total. The van der Waals surface area contributed by atoms with Crippen molar-refractivity contribution in [2.24, 2.45) is 0 Å². The highest BCUT2D eigenvalue weighted by Gasteiger charge is 2.18. The van der Waals surface area contributed by atoms with Crippen LogP contribution in [0, 0.1) is 0 Å². The molecule has 15 heavy (non-hydrogen) atoms. The number of nitrogens with zero attached hydrogens (tertiary/aromatic N) is 1. The second kappa shape index (κ2) is 6.07. The first-order chi connectivity index (χ1) is 7.19. The summed E-state index contributed by atoms with van der Waals surface area (Å²) in [5, 5.41) is 28.1. The number of rotatable bonds is 5. The van der Waals surface area contributed by atoms with Crippen molar-refractivity contribution in [1.82, 2.24) is 4.98 Å². The Morgan fingerprint density at radius 3 is 2.73 bits per heavy atom. The van der Waals surface area contributed by atoms with E-state index >= 15 is 0 Å². The maximum atomic E-state index is 9.71. The largest absolute Gasteiger partial charge is 0.392 e. The van der Waals surface area contributed by atoms with Crippen molar-refractivity contribution in [2.75, 3.05) is 5.75 Å². The number of hydrogen-bond acceptors (Lipinski definition) is 5. The smallest absolute Gasteiger partial charge is 0.122 e. The molecule has 2 unspecified atom stereocenters. The molecule has 0 bridgehead atoms. The summed E-state index contributed by atoms with van der Waals surface area (Å²) in [5.74, 6) is 0.498. The SMILES string of the molecule is OCc1ccnc(C(O)C(O)CCS)c1. The summed E-state index contributed by atoms with van der Waals surface area (Å²) in [6.45, 7) is -0.106. The molecule has 1 aromatic rings. The van der Waals surface area contributed by atoms with Gasteiger partial charge >= 0.3 is 0 Å². The second-order valence-corrected chi connectivity index (χ2v) is 3.72. The Bertz CT molecular complexity index is 308. The first kappa shape index (κ1) is 12.4. The predicted molar refractivity (Wildman–Crippen MR) is 59.6 cm³/mol. The average Bonchev–Trinajstić information content (AvgIpc) is 2.28. The zero-order valence-electron chi connectivity index (χ0n) is 8.24. The lowest BCUT2D eigenvalue weighted by molar-refractivity contribution is 0.0146. The molecule has 0 spiro atoms. The molecule has 84 valence electrons. The predicted octanol–water partition coefficient (Wildman–Crippen LogP) is 0.288. The van der Waals surface area contributed by atoms with Crippen LogP contribution in [0.15, 0.2) is 18.3 Å². The van der Waals surface area contributed by atoms with E-state index in [0.717, 1.165) is 0 Å². The lowest BCUT2D eigenvalue weighted by atomic mass is 10.1. The fraction of sp³-hybridized carbons (Fsp3) is 0.500. The lowest BCUT2D eigenvalue weighted by Crippen LogP contribution is -2.19. The highest BCUT2D eigenvalue weighted by Crippen LogP contribution is 2.18. The summed E-state index contributed by atoms with van der Waals surface area (Å²) in [4.78, 5) is 3.94. The average molecular weight is 229 g/mol. The molecule has 1 aromatic heterocycles. The van der Waals surface area contributed by atoms with E-state index in [1.807, 2.05) is 0 Å². The molecule has 2 atom stereocenters. The third kappa shape index (κ3) is 3.46. The molecule has 0 aromatic carbocycles. The van der Waals surface area contributed by atoms with Crippen LogP contribution in [0.2, 0.25) is 0 Å². The third-order valence-corrected chi connectivity index (χ3v) is 2.38. The van der Waals surface area contributed by atoms with Gasteiger partial charge in [0.05, 0.1) is 18.4 Å². The number of hydrogen-bond donors (Lipinski definition) is 4. The minimum absolute atomic E-state index is 0.106. The molecule has 0 aliphatic carbocycles. The Labute approximate surface area is 94.0 Å². The summed E-state index contributed by atoms with van der Waals surface area (Å²) < 4.78 is 0. The van der Waals surface area contributed by atoms with Crippen molar-refractivity contribution in [3.05, 3.63) is 29.6 Å². The minimum Gasteiger partial charge on any atom is -0.392 e. The molecule has 0 aliphatic rings. The molecule has 0 amide bonds. The normalized spacial score (nSPS) is 14.9. The van der Waals surface area contributed by atoms with Gasteiger partial charge in [-0.3, -0.25) is 4.98 Å². The van der Waals surface area contributed by atoms with Crippen molar-refractivity contribution in [1.29, 1.82) is 0 Å². The van der Waals surface area contributed by atoms with Gasteiger partial charge in [-0.05, 0) is 29.9 Å². The molecular weight excluding hydrogens is 214 g/mol. The lowest BCUT2D eigenvalue weighted by Gasteiger charge is -2.16. The summed E-state index contributed by atoms with van der Waals surface area (Å²) in [5.41, 5.74) is 1.04. The van der Waals surface area contributed by atoms with Crippen LogP contribution >= 0.6 is 12.6 Å². The maximum absolute atomic E-state index is 9.71. The van der Waals surface area contributed by atoms with E-state index in [9.17, 15) is 10.2 Å². The molecule has 4 nitrogen and oxygen atoms in total. The standard InChI is InChI=1S/C10H15NO3S/c12-6-7-1-3-11-8(5-7)10(14)9(13)2-4-15/h1,3,5,9-10,12-15H,2,4,6H2. The van der Waals surface area contributed by atoms with Gasteiger partial charge in [0.2, 0.25) is 0 Å². The van der Waals surface area contributed by atoms with E-state index in [2.05, 4.69) is 17.6 Å². The van der Waals surface area contributed by atoms with Gasteiger partial charge in [-0.25, -0.2) is 0 Å². The fourth-order valence-corrected chi connectivity index (χ4v) is 1.51. The van der Waals surface area contributed by atoms with Gasteiger partial charge in [0.1, 0.15) is 6.10 Å². The molecular formula is C10H15NO3S. The van der Waals surface area contributed by atoms with Crippen molar-refractivity contribution < 1.29 is 15.3 Å². The van der Waals surface area contributed by atoms with Crippen molar-refractivity contribution in [2.45, 2.75) is 25.2 Å². The van der Waals surface area contributed by atoms with Gasteiger partial charge < -0.3 is 15.3 Å². The highest BCUT2D eigenvalue weighted by molar-refractivity contribution is 7.80.